The highest BCUT2D eigenvalue weighted by atomic mass is 16.6. The lowest BCUT2D eigenvalue weighted by Gasteiger charge is -2.26. The summed E-state index contributed by atoms with van der Waals surface area (Å²) < 4.78 is 5.35. The Labute approximate surface area is 108 Å². The molecule has 0 radical (unpaired) electrons. The molecule has 0 aromatic heterocycles. The fourth-order valence-corrected chi connectivity index (χ4v) is 2.24. The lowest BCUT2D eigenvalue weighted by molar-refractivity contribution is 0.0854. The van der Waals surface area contributed by atoms with Crippen molar-refractivity contribution in [2.24, 2.45) is 0 Å². The third-order valence-electron chi connectivity index (χ3n) is 3.26. The molecule has 18 heavy (non-hydrogen) atoms. The minimum atomic E-state index is -0.213. The molecule has 1 N–H and O–H groups in total. The average Bonchev–Trinajstić information content (AvgIpc) is 2.92. The van der Waals surface area contributed by atoms with Crippen LogP contribution in [0, 0.1) is 0 Å². The zero-order chi connectivity index (χ0) is 12.8. The molecule has 0 aliphatic carbocycles. The summed E-state index contributed by atoms with van der Waals surface area (Å²) in [5.41, 5.74) is 1.02. The number of hydrogen-bond donors (Lipinski definition) is 1. The van der Waals surface area contributed by atoms with Crippen LogP contribution in [0.25, 0.3) is 0 Å². The summed E-state index contributed by atoms with van der Waals surface area (Å²) in [5, 5.41) is 3.27. The SMILES string of the molecule is CCN(C(=O)OCc1ccccc1)[C@@H]1CCNC1. The van der Waals surface area contributed by atoms with Crippen LogP contribution in [0.4, 0.5) is 4.79 Å². The van der Waals surface area contributed by atoms with Gasteiger partial charge in [-0.15, -0.1) is 0 Å². The first kappa shape index (κ1) is 12.9. The fraction of sp³-hybridized carbons (Fsp3) is 0.500. The molecule has 4 heteroatoms. The minimum absolute atomic E-state index is 0.213. The summed E-state index contributed by atoms with van der Waals surface area (Å²) in [7, 11) is 0. The van der Waals surface area contributed by atoms with Crippen LogP contribution in [-0.2, 0) is 11.3 Å². The van der Waals surface area contributed by atoms with E-state index in [9.17, 15) is 4.79 Å². The number of ether oxygens (including phenoxy) is 1. The highest BCUT2D eigenvalue weighted by Crippen LogP contribution is 2.11. The summed E-state index contributed by atoms with van der Waals surface area (Å²) in [5.74, 6) is 0. The van der Waals surface area contributed by atoms with E-state index in [1.165, 1.54) is 0 Å². The third kappa shape index (κ3) is 3.23. The molecule has 2 rings (SSSR count). The normalized spacial score (nSPS) is 18.6. The van der Waals surface area contributed by atoms with E-state index in [0.29, 0.717) is 13.2 Å². The molecule has 98 valence electrons. The Morgan fingerprint density at radius 2 is 2.22 bits per heavy atom. The fourth-order valence-electron chi connectivity index (χ4n) is 2.24. The molecule has 1 aromatic carbocycles. The van der Waals surface area contributed by atoms with Crippen molar-refractivity contribution in [2.45, 2.75) is 26.0 Å². The van der Waals surface area contributed by atoms with Gasteiger partial charge in [0.25, 0.3) is 0 Å². The Balaban J connectivity index is 1.86. The number of carbonyl (C=O) groups is 1. The van der Waals surface area contributed by atoms with E-state index >= 15 is 0 Å². The van der Waals surface area contributed by atoms with E-state index < -0.39 is 0 Å². The molecule has 1 atom stereocenters. The number of likely N-dealkylation sites (N-methyl/N-ethyl adjacent to an activating group) is 1. The van der Waals surface area contributed by atoms with Crippen molar-refractivity contribution in [3.63, 3.8) is 0 Å². The largest absolute Gasteiger partial charge is 0.445 e. The minimum Gasteiger partial charge on any atom is -0.445 e. The molecule has 1 amide bonds. The van der Waals surface area contributed by atoms with E-state index in [0.717, 1.165) is 25.1 Å². The van der Waals surface area contributed by atoms with Crippen molar-refractivity contribution in [3.05, 3.63) is 35.9 Å². The molecule has 0 unspecified atom stereocenters. The van der Waals surface area contributed by atoms with Crippen LogP contribution in [0.5, 0.6) is 0 Å². The highest BCUT2D eigenvalue weighted by Gasteiger charge is 2.26. The molecule has 1 saturated heterocycles. The second-order valence-corrected chi connectivity index (χ2v) is 4.47. The second-order valence-electron chi connectivity index (χ2n) is 4.47. The van der Waals surface area contributed by atoms with Crippen molar-refractivity contribution in [1.82, 2.24) is 10.2 Å². The third-order valence-corrected chi connectivity index (χ3v) is 3.26. The van der Waals surface area contributed by atoms with Gasteiger partial charge < -0.3 is 15.0 Å². The lowest BCUT2D eigenvalue weighted by Crippen LogP contribution is -2.41. The number of nitrogens with one attached hydrogen (secondary N) is 1. The molecule has 0 saturated carbocycles. The van der Waals surface area contributed by atoms with Gasteiger partial charge in [0.1, 0.15) is 6.61 Å². The van der Waals surface area contributed by atoms with Gasteiger partial charge in [-0.1, -0.05) is 30.3 Å². The van der Waals surface area contributed by atoms with E-state index in [-0.39, 0.29) is 12.1 Å². The van der Waals surface area contributed by atoms with Crippen LogP contribution >= 0.6 is 0 Å². The maximum absolute atomic E-state index is 12.0. The number of carbonyl (C=O) groups excluding carboxylic acids is 1. The first-order valence-electron chi connectivity index (χ1n) is 6.49. The first-order valence-corrected chi connectivity index (χ1v) is 6.49. The highest BCUT2D eigenvalue weighted by molar-refractivity contribution is 5.68. The first-order chi connectivity index (χ1) is 8.81. The zero-order valence-corrected chi connectivity index (χ0v) is 10.8. The number of amides is 1. The summed E-state index contributed by atoms with van der Waals surface area (Å²) in [6, 6.07) is 10.0. The number of rotatable bonds is 4. The Morgan fingerprint density at radius 1 is 1.44 bits per heavy atom. The van der Waals surface area contributed by atoms with Gasteiger partial charge in [-0.05, 0) is 25.5 Å². The van der Waals surface area contributed by atoms with Crippen LogP contribution in [0.2, 0.25) is 0 Å². The quantitative estimate of drug-likeness (QED) is 0.886. The van der Waals surface area contributed by atoms with Gasteiger partial charge >= 0.3 is 6.09 Å². The molecule has 0 spiro atoms. The van der Waals surface area contributed by atoms with Crippen LogP contribution in [0.15, 0.2) is 30.3 Å². The Bertz CT molecular complexity index is 375. The summed E-state index contributed by atoms with van der Waals surface area (Å²) in [4.78, 5) is 13.8. The van der Waals surface area contributed by atoms with Crippen molar-refractivity contribution in [1.29, 1.82) is 0 Å². The lowest BCUT2D eigenvalue weighted by atomic mass is 10.2. The summed E-state index contributed by atoms with van der Waals surface area (Å²) in [6.45, 7) is 4.87. The van der Waals surface area contributed by atoms with Gasteiger partial charge in [0.2, 0.25) is 0 Å². The predicted octanol–water partition coefficient (Wildman–Crippen LogP) is 2.01. The molecular formula is C14H20N2O2. The molecule has 1 aliphatic rings. The Hall–Kier alpha value is -1.55. The average molecular weight is 248 g/mol. The van der Waals surface area contributed by atoms with E-state index in [1.807, 2.05) is 42.2 Å². The van der Waals surface area contributed by atoms with Gasteiger partial charge in [-0.2, -0.15) is 0 Å². The predicted molar refractivity (Wildman–Crippen MR) is 70.3 cm³/mol. The van der Waals surface area contributed by atoms with Crippen molar-refractivity contribution in [3.8, 4) is 0 Å². The molecular weight excluding hydrogens is 228 g/mol. The number of nitrogens with zero attached hydrogens (tertiary/aromatic N) is 1. The van der Waals surface area contributed by atoms with Gasteiger partial charge in [0, 0.05) is 19.1 Å². The maximum Gasteiger partial charge on any atom is 0.410 e. The maximum atomic E-state index is 12.0. The van der Waals surface area contributed by atoms with E-state index in [4.69, 9.17) is 4.74 Å². The van der Waals surface area contributed by atoms with Crippen molar-refractivity contribution < 1.29 is 9.53 Å². The topological polar surface area (TPSA) is 41.6 Å². The van der Waals surface area contributed by atoms with Gasteiger partial charge in [-0.3, -0.25) is 0 Å². The number of benzene rings is 1. The molecule has 1 heterocycles. The molecule has 4 nitrogen and oxygen atoms in total. The van der Waals surface area contributed by atoms with Crippen molar-refractivity contribution >= 4 is 6.09 Å². The van der Waals surface area contributed by atoms with Crippen molar-refractivity contribution in [2.75, 3.05) is 19.6 Å². The van der Waals surface area contributed by atoms with Gasteiger partial charge in [0.05, 0.1) is 0 Å². The van der Waals surface area contributed by atoms with E-state index in [1.54, 1.807) is 0 Å². The summed E-state index contributed by atoms with van der Waals surface area (Å²) in [6.07, 6.45) is 0.795. The summed E-state index contributed by atoms with van der Waals surface area (Å²) >= 11 is 0. The monoisotopic (exact) mass is 248 g/mol. The van der Waals surface area contributed by atoms with E-state index in [2.05, 4.69) is 5.32 Å². The Kier molecular flexibility index (Phi) is 4.59. The standard InChI is InChI=1S/C14H20N2O2/c1-2-16(13-8-9-15-10-13)14(17)18-11-12-6-4-3-5-7-12/h3-7,13,15H,2,8-11H2,1H3/t13-/m1/s1. The van der Waals surface area contributed by atoms with Gasteiger partial charge in [0.15, 0.2) is 0 Å². The smallest absolute Gasteiger partial charge is 0.410 e. The Morgan fingerprint density at radius 3 is 2.83 bits per heavy atom. The van der Waals surface area contributed by atoms with Crippen LogP contribution in [-0.4, -0.2) is 36.7 Å². The molecule has 0 bridgehead atoms. The number of hydrogen-bond acceptors (Lipinski definition) is 3. The van der Waals surface area contributed by atoms with Crippen LogP contribution in [0.3, 0.4) is 0 Å². The van der Waals surface area contributed by atoms with Crippen LogP contribution < -0.4 is 5.32 Å². The van der Waals surface area contributed by atoms with Gasteiger partial charge in [-0.25, -0.2) is 4.79 Å². The zero-order valence-electron chi connectivity index (χ0n) is 10.8. The molecule has 1 aliphatic heterocycles. The molecule has 1 fully saturated rings. The van der Waals surface area contributed by atoms with Crippen LogP contribution in [0.1, 0.15) is 18.9 Å². The molecule has 1 aromatic rings. The second kappa shape index (κ2) is 6.40.